The van der Waals surface area contributed by atoms with E-state index in [9.17, 15) is 4.79 Å². The molecular formula is C17H25BClNO4. The maximum atomic E-state index is 12.0. The molecule has 0 aromatic heterocycles. The second-order valence-corrected chi connectivity index (χ2v) is 8.30. The molecule has 7 heteroatoms. The molecule has 0 saturated carbocycles. The molecule has 1 heterocycles. The molecule has 1 N–H and O–H groups in total. The van der Waals surface area contributed by atoms with Crippen LogP contribution in [0.1, 0.15) is 48.5 Å². The van der Waals surface area contributed by atoms with Gasteiger partial charge in [-0.15, -0.1) is 0 Å². The highest BCUT2D eigenvalue weighted by Gasteiger charge is 2.52. The van der Waals surface area contributed by atoms with Crippen molar-refractivity contribution in [3.8, 4) is 0 Å². The predicted octanol–water partition coefficient (Wildman–Crippen LogP) is 3.99. The van der Waals surface area contributed by atoms with Gasteiger partial charge in [0.05, 0.1) is 21.9 Å². The van der Waals surface area contributed by atoms with Crippen molar-refractivity contribution < 1.29 is 18.8 Å². The number of hydrogen-bond acceptors (Lipinski definition) is 4. The Kier molecular flexibility index (Phi) is 4.97. The van der Waals surface area contributed by atoms with E-state index in [-0.39, 0.29) is 0 Å². The van der Waals surface area contributed by atoms with E-state index >= 15 is 0 Å². The van der Waals surface area contributed by atoms with Gasteiger partial charge in [-0.2, -0.15) is 0 Å². The Bertz CT molecular complexity index is 624. The SMILES string of the molecule is CC(C)(C)OC(=O)Nc1cccc(B2OC(C)(C)C(C)(C)O2)c1Cl. The number of benzene rings is 1. The minimum absolute atomic E-state index is 0.377. The molecule has 0 atom stereocenters. The van der Waals surface area contributed by atoms with Gasteiger partial charge in [-0.25, -0.2) is 4.79 Å². The Morgan fingerprint density at radius 3 is 2.21 bits per heavy atom. The fourth-order valence-corrected chi connectivity index (χ4v) is 2.47. The molecule has 1 aliphatic heterocycles. The molecule has 0 radical (unpaired) electrons. The van der Waals surface area contributed by atoms with Gasteiger partial charge in [0.1, 0.15) is 5.60 Å². The van der Waals surface area contributed by atoms with Crippen LogP contribution in [0.2, 0.25) is 5.02 Å². The first kappa shape index (κ1) is 19.1. The van der Waals surface area contributed by atoms with Crippen molar-refractivity contribution >= 4 is 36.0 Å². The number of amides is 1. The van der Waals surface area contributed by atoms with Crippen molar-refractivity contribution in [2.75, 3.05) is 5.32 Å². The summed E-state index contributed by atoms with van der Waals surface area (Å²) in [6.07, 6.45) is -0.560. The third-order valence-electron chi connectivity index (χ3n) is 4.17. The quantitative estimate of drug-likeness (QED) is 0.817. The second-order valence-electron chi connectivity index (χ2n) is 7.92. The highest BCUT2D eigenvalue weighted by molar-refractivity contribution is 6.66. The summed E-state index contributed by atoms with van der Waals surface area (Å²) in [5.41, 5.74) is -0.382. The molecule has 0 aliphatic carbocycles. The van der Waals surface area contributed by atoms with Crippen molar-refractivity contribution in [2.24, 2.45) is 0 Å². The summed E-state index contributed by atoms with van der Waals surface area (Å²) in [7, 11) is -0.595. The topological polar surface area (TPSA) is 56.8 Å². The molecule has 0 unspecified atom stereocenters. The van der Waals surface area contributed by atoms with Crippen LogP contribution in [-0.4, -0.2) is 30.0 Å². The summed E-state index contributed by atoms with van der Waals surface area (Å²) >= 11 is 6.46. The van der Waals surface area contributed by atoms with E-state index in [1.54, 1.807) is 32.9 Å². The van der Waals surface area contributed by atoms with E-state index in [0.717, 1.165) is 0 Å². The average Bonchev–Trinajstić information content (AvgIpc) is 2.58. The van der Waals surface area contributed by atoms with Gasteiger partial charge in [0.25, 0.3) is 0 Å². The lowest BCUT2D eigenvalue weighted by Gasteiger charge is -2.32. The molecule has 1 saturated heterocycles. The third kappa shape index (κ3) is 4.05. The fourth-order valence-electron chi connectivity index (χ4n) is 2.21. The average molecular weight is 354 g/mol. The van der Waals surface area contributed by atoms with Gasteiger partial charge in [0.15, 0.2) is 0 Å². The minimum atomic E-state index is -0.595. The maximum Gasteiger partial charge on any atom is 0.496 e. The van der Waals surface area contributed by atoms with Crippen LogP contribution in [-0.2, 0) is 14.0 Å². The first-order valence-corrected chi connectivity index (χ1v) is 8.34. The van der Waals surface area contributed by atoms with Crippen LogP contribution in [0.15, 0.2) is 18.2 Å². The van der Waals surface area contributed by atoms with Crippen molar-refractivity contribution in [1.82, 2.24) is 0 Å². The lowest BCUT2D eigenvalue weighted by Crippen LogP contribution is -2.41. The smallest absolute Gasteiger partial charge is 0.444 e. The molecule has 1 amide bonds. The van der Waals surface area contributed by atoms with Crippen LogP contribution in [0.3, 0.4) is 0 Å². The molecule has 0 spiro atoms. The molecule has 24 heavy (non-hydrogen) atoms. The summed E-state index contributed by atoms with van der Waals surface area (Å²) in [5.74, 6) is 0. The Labute approximate surface area is 149 Å². The van der Waals surface area contributed by atoms with Crippen LogP contribution >= 0.6 is 11.6 Å². The third-order valence-corrected chi connectivity index (χ3v) is 4.59. The maximum absolute atomic E-state index is 12.0. The van der Waals surface area contributed by atoms with Crippen LogP contribution < -0.4 is 10.8 Å². The standard InChI is InChI=1S/C17H25BClNO4/c1-15(2,3)22-14(21)20-12-10-8-9-11(13(12)19)18-23-16(4,5)17(6,7)24-18/h8-10H,1-7H3,(H,20,21). The van der Waals surface area contributed by atoms with Crippen molar-refractivity contribution in [2.45, 2.75) is 65.3 Å². The summed E-state index contributed by atoms with van der Waals surface area (Å²) < 4.78 is 17.3. The van der Waals surface area contributed by atoms with Gasteiger partial charge in [0.2, 0.25) is 0 Å². The monoisotopic (exact) mass is 353 g/mol. The molecular weight excluding hydrogens is 328 g/mol. The molecule has 1 aromatic rings. The van der Waals surface area contributed by atoms with E-state index < -0.39 is 30.0 Å². The summed E-state index contributed by atoms with van der Waals surface area (Å²) in [4.78, 5) is 12.0. The second kappa shape index (κ2) is 6.25. The Morgan fingerprint density at radius 2 is 1.71 bits per heavy atom. The highest BCUT2D eigenvalue weighted by atomic mass is 35.5. The fraction of sp³-hybridized carbons (Fsp3) is 0.588. The molecule has 2 rings (SSSR count). The van der Waals surface area contributed by atoms with Crippen LogP contribution in [0.5, 0.6) is 0 Å². The van der Waals surface area contributed by atoms with Gasteiger partial charge in [-0.1, -0.05) is 23.7 Å². The lowest BCUT2D eigenvalue weighted by atomic mass is 9.79. The van der Waals surface area contributed by atoms with E-state index in [1.165, 1.54) is 0 Å². The lowest BCUT2D eigenvalue weighted by molar-refractivity contribution is 0.00578. The van der Waals surface area contributed by atoms with E-state index in [0.29, 0.717) is 16.2 Å². The van der Waals surface area contributed by atoms with Crippen LogP contribution in [0.4, 0.5) is 10.5 Å². The van der Waals surface area contributed by atoms with Gasteiger partial charge < -0.3 is 14.0 Å². The van der Waals surface area contributed by atoms with Crippen molar-refractivity contribution in [3.05, 3.63) is 23.2 Å². The Hall–Kier alpha value is -1.24. The van der Waals surface area contributed by atoms with Crippen LogP contribution in [0, 0.1) is 0 Å². The molecule has 5 nitrogen and oxygen atoms in total. The minimum Gasteiger partial charge on any atom is -0.444 e. The number of carbonyl (C=O) groups excluding carboxylic acids is 1. The van der Waals surface area contributed by atoms with Gasteiger partial charge in [-0.3, -0.25) is 5.32 Å². The van der Waals surface area contributed by atoms with E-state index in [2.05, 4.69) is 5.32 Å². The Morgan fingerprint density at radius 1 is 1.17 bits per heavy atom. The zero-order valence-electron chi connectivity index (χ0n) is 15.3. The van der Waals surface area contributed by atoms with Crippen molar-refractivity contribution in [3.63, 3.8) is 0 Å². The number of carbonyl (C=O) groups is 1. The van der Waals surface area contributed by atoms with Gasteiger partial charge >= 0.3 is 13.2 Å². The zero-order valence-corrected chi connectivity index (χ0v) is 16.1. The number of hydrogen-bond donors (Lipinski definition) is 1. The zero-order chi connectivity index (χ0) is 18.3. The Balaban J connectivity index is 2.22. The summed E-state index contributed by atoms with van der Waals surface area (Å²) in [6, 6.07) is 5.32. The summed E-state index contributed by atoms with van der Waals surface area (Å²) in [5, 5.41) is 3.04. The van der Waals surface area contributed by atoms with Gasteiger partial charge in [0, 0.05) is 5.46 Å². The molecule has 1 aromatic carbocycles. The number of ether oxygens (including phenoxy) is 1. The molecule has 0 bridgehead atoms. The van der Waals surface area contributed by atoms with E-state index in [1.807, 2.05) is 33.8 Å². The number of halogens is 1. The largest absolute Gasteiger partial charge is 0.496 e. The number of rotatable bonds is 2. The van der Waals surface area contributed by atoms with Crippen LogP contribution in [0.25, 0.3) is 0 Å². The normalized spacial score (nSPS) is 19.2. The van der Waals surface area contributed by atoms with E-state index in [4.69, 9.17) is 25.6 Å². The number of nitrogens with one attached hydrogen (secondary N) is 1. The van der Waals surface area contributed by atoms with Crippen molar-refractivity contribution in [1.29, 1.82) is 0 Å². The van der Waals surface area contributed by atoms with Gasteiger partial charge in [-0.05, 0) is 54.5 Å². The number of anilines is 1. The molecule has 1 aliphatic rings. The highest BCUT2D eigenvalue weighted by Crippen LogP contribution is 2.37. The first-order chi connectivity index (χ1) is 10.8. The first-order valence-electron chi connectivity index (χ1n) is 7.96. The molecule has 1 fully saturated rings. The molecule has 132 valence electrons. The predicted molar refractivity (Wildman–Crippen MR) is 97.0 cm³/mol. The summed E-state index contributed by atoms with van der Waals surface area (Å²) in [6.45, 7) is 13.3.